The van der Waals surface area contributed by atoms with Gasteiger partial charge in [0.05, 0.1) is 0 Å². The number of hydrogen-bond donors (Lipinski definition) is 1. The van der Waals surface area contributed by atoms with Gasteiger partial charge < -0.3 is 14.8 Å². The van der Waals surface area contributed by atoms with E-state index in [4.69, 9.17) is 9.47 Å². The molecule has 0 aromatic heterocycles. The highest BCUT2D eigenvalue weighted by Gasteiger charge is 2.02. The first-order valence-corrected chi connectivity index (χ1v) is 9.78. The quantitative estimate of drug-likeness (QED) is 0.353. The molecule has 0 spiro atoms. The van der Waals surface area contributed by atoms with Gasteiger partial charge in [0.15, 0.2) is 0 Å². The number of nitrogens with one attached hydrogen (secondary N) is 1. The third kappa shape index (κ3) is 5.39. The number of benzene rings is 4. The van der Waals surface area contributed by atoms with E-state index in [1.54, 1.807) is 18.2 Å². The molecule has 30 heavy (non-hydrogen) atoms. The summed E-state index contributed by atoms with van der Waals surface area (Å²) in [4.78, 5) is 0. The van der Waals surface area contributed by atoms with Gasteiger partial charge in [0.25, 0.3) is 0 Å². The molecular formula is C26H22FNO2. The van der Waals surface area contributed by atoms with Gasteiger partial charge in [-0.1, -0.05) is 48.5 Å². The number of anilines is 1. The number of para-hydroxylation sites is 1. The summed E-state index contributed by atoms with van der Waals surface area (Å²) in [5.41, 5.74) is 2.68. The maximum Gasteiger partial charge on any atom is 0.129 e. The molecule has 0 fully saturated rings. The highest BCUT2D eigenvalue weighted by Crippen LogP contribution is 2.23. The van der Waals surface area contributed by atoms with Crippen molar-refractivity contribution in [1.82, 2.24) is 0 Å². The van der Waals surface area contributed by atoms with Crippen LogP contribution in [-0.4, -0.2) is 0 Å². The van der Waals surface area contributed by atoms with E-state index in [0.717, 1.165) is 22.7 Å². The summed E-state index contributed by atoms with van der Waals surface area (Å²) in [7, 11) is 0. The molecule has 0 atom stereocenters. The summed E-state index contributed by atoms with van der Waals surface area (Å²) in [5, 5.41) is 3.39. The van der Waals surface area contributed by atoms with E-state index in [1.165, 1.54) is 6.07 Å². The fraction of sp³-hybridized carbons (Fsp3) is 0.0769. The molecule has 3 nitrogen and oxygen atoms in total. The van der Waals surface area contributed by atoms with Crippen molar-refractivity contribution in [3.63, 3.8) is 0 Å². The van der Waals surface area contributed by atoms with Crippen molar-refractivity contribution in [3.05, 3.63) is 120 Å². The fourth-order valence-electron chi connectivity index (χ4n) is 2.95. The molecule has 4 rings (SSSR count). The van der Waals surface area contributed by atoms with E-state index in [9.17, 15) is 4.39 Å². The Morgan fingerprint density at radius 2 is 1.27 bits per heavy atom. The Labute approximate surface area is 175 Å². The monoisotopic (exact) mass is 399 g/mol. The molecule has 4 aromatic carbocycles. The van der Waals surface area contributed by atoms with Gasteiger partial charge >= 0.3 is 0 Å². The molecule has 150 valence electrons. The Morgan fingerprint density at radius 3 is 2.00 bits per heavy atom. The largest absolute Gasteiger partial charge is 0.489 e. The molecule has 0 heterocycles. The van der Waals surface area contributed by atoms with Crippen molar-refractivity contribution in [3.8, 4) is 17.2 Å². The first-order chi connectivity index (χ1) is 14.8. The Kier molecular flexibility index (Phi) is 6.25. The van der Waals surface area contributed by atoms with E-state index in [-0.39, 0.29) is 12.4 Å². The number of hydrogen-bond acceptors (Lipinski definition) is 3. The minimum absolute atomic E-state index is 0.210. The van der Waals surface area contributed by atoms with E-state index < -0.39 is 0 Å². The molecule has 0 saturated carbocycles. The fourth-order valence-corrected chi connectivity index (χ4v) is 2.95. The summed E-state index contributed by atoms with van der Waals surface area (Å²) in [6.07, 6.45) is 0. The first kappa shape index (κ1) is 19.5. The Bertz CT molecular complexity index is 1060. The van der Waals surface area contributed by atoms with Crippen LogP contribution in [0.1, 0.15) is 11.1 Å². The van der Waals surface area contributed by atoms with Crippen molar-refractivity contribution in [1.29, 1.82) is 0 Å². The molecule has 0 unspecified atom stereocenters. The third-order valence-electron chi connectivity index (χ3n) is 4.61. The van der Waals surface area contributed by atoms with Gasteiger partial charge in [-0.2, -0.15) is 0 Å². The van der Waals surface area contributed by atoms with Crippen LogP contribution < -0.4 is 14.8 Å². The second-order valence-electron chi connectivity index (χ2n) is 6.82. The van der Waals surface area contributed by atoms with E-state index >= 15 is 0 Å². The van der Waals surface area contributed by atoms with Crippen LogP contribution in [0.4, 0.5) is 10.1 Å². The van der Waals surface area contributed by atoms with Gasteiger partial charge in [-0.3, -0.25) is 0 Å². The Morgan fingerprint density at radius 1 is 0.633 bits per heavy atom. The average Bonchev–Trinajstić information content (AvgIpc) is 2.79. The highest BCUT2D eigenvalue weighted by molar-refractivity contribution is 5.47. The van der Waals surface area contributed by atoms with Crippen LogP contribution in [0.5, 0.6) is 17.2 Å². The van der Waals surface area contributed by atoms with Crippen molar-refractivity contribution in [2.24, 2.45) is 0 Å². The highest BCUT2D eigenvalue weighted by atomic mass is 19.1. The molecule has 0 saturated heterocycles. The van der Waals surface area contributed by atoms with Gasteiger partial charge in [0.1, 0.15) is 29.7 Å². The third-order valence-corrected chi connectivity index (χ3v) is 4.61. The number of halogens is 1. The molecule has 1 N–H and O–H groups in total. The van der Waals surface area contributed by atoms with Gasteiger partial charge in [0.2, 0.25) is 0 Å². The van der Waals surface area contributed by atoms with Gasteiger partial charge in [-0.15, -0.1) is 0 Å². The molecular weight excluding hydrogens is 377 g/mol. The topological polar surface area (TPSA) is 30.5 Å². The van der Waals surface area contributed by atoms with E-state index in [1.807, 2.05) is 78.9 Å². The minimum Gasteiger partial charge on any atom is -0.489 e. The van der Waals surface area contributed by atoms with Gasteiger partial charge in [0, 0.05) is 17.8 Å². The van der Waals surface area contributed by atoms with E-state index in [0.29, 0.717) is 17.9 Å². The predicted molar refractivity (Wildman–Crippen MR) is 117 cm³/mol. The lowest BCUT2D eigenvalue weighted by molar-refractivity contribution is 0.300. The molecule has 4 heteroatoms. The Balaban J connectivity index is 1.27. The van der Waals surface area contributed by atoms with Gasteiger partial charge in [-0.05, 0) is 60.2 Å². The van der Waals surface area contributed by atoms with Crippen LogP contribution in [0.2, 0.25) is 0 Å². The second kappa shape index (κ2) is 9.61. The van der Waals surface area contributed by atoms with Crippen LogP contribution in [0.25, 0.3) is 0 Å². The van der Waals surface area contributed by atoms with Crippen LogP contribution in [0, 0.1) is 5.82 Å². The summed E-state index contributed by atoms with van der Waals surface area (Å²) in [6.45, 7) is 0.897. The molecule has 4 aromatic rings. The smallest absolute Gasteiger partial charge is 0.129 e. The maximum absolute atomic E-state index is 13.7. The summed E-state index contributed by atoms with van der Waals surface area (Å²) >= 11 is 0. The number of rotatable bonds is 8. The zero-order chi connectivity index (χ0) is 20.6. The van der Waals surface area contributed by atoms with Crippen LogP contribution >= 0.6 is 0 Å². The number of ether oxygens (including phenoxy) is 2. The molecule has 0 aliphatic carbocycles. The lowest BCUT2D eigenvalue weighted by Crippen LogP contribution is -2.00. The van der Waals surface area contributed by atoms with Crippen LogP contribution in [-0.2, 0) is 13.2 Å². The normalized spacial score (nSPS) is 10.4. The zero-order valence-electron chi connectivity index (χ0n) is 16.4. The zero-order valence-corrected chi connectivity index (χ0v) is 16.4. The molecule has 0 aliphatic heterocycles. The average molecular weight is 399 g/mol. The summed E-state index contributed by atoms with van der Waals surface area (Å²) in [6, 6.07) is 32.0. The molecule has 0 bridgehead atoms. The Hall–Kier alpha value is -3.79. The molecule has 0 amide bonds. The maximum atomic E-state index is 13.7. The standard InChI is InChI=1S/C26H22FNO2/c27-26-9-5-4-6-21(26)19-29-23-14-10-20(11-15-23)18-28-22-12-16-25(17-13-22)30-24-7-2-1-3-8-24/h1-17,28H,18-19H2. The molecule has 0 radical (unpaired) electrons. The van der Waals surface area contributed by atoms with Crippen LogP contribution in [0.15, 0.2) is 103 Å². The lowest BCUT2D eigenvalue weighted by Gasteiger charge is -2.10. The van der Waals surface area contributed by atoms with Crippen LogP contribution in [0.3, 0.4) is 0 Å². The van der Waals surface area contributed by atoms with Crippen molar-refractivity contribution in [2.45, 2.75) is 13.2 Å². The SMILES string of the molecule is Fc1ccccc1COc1ccc(CNc2ccc(Oc3ccccc3)cc2)cc1. The van der Waals surface area contributed by atoms with Gasteiger partial charge in [-0.25, -0.2) is 4.39 Å². The minimum atomic E-state index is -0.251. The summed E-state index contributed by atoms with van der Waals surface area (Å²) in [5.74, 6) is 2.07. The van der Waals surface area contributed by atoms with E-state index in [2.05, 4.69) is 5.32 Å². The lowest BCUT2D eigenvalue weighted by atomic mass is 10.2. The summed E-state index contributed by atoms with van der Waals surface area (Å²) < 4.78 is 25.1. The first-order valence-electron chi connectivity index (χ1n) is 9.78. The second-order valence-corrected chi connectivity index (χ2v) is 6.82. The van der Waals surface area contributed by atoms with Crippen molar-refractivity contribution >= 4 is 5.69 Å². The predicted octanol–water partition coefficient (Wildman–Crippen LogP) is 6.81. The van der Waals surface area contributed by atoms with Crippen molar-refractivity contribution < 1.29 is 13.9 Å². The molecule has 0 aliphatic rings. The van der Waals surface area contributed by atoms with Crippen molar-refractivity contribution in [2.75, 3.05) is 5.32 Å².